The van der Waals surface area contributed by atoms with Crippen molar-refractivity contribution < 1.29 is 9.90 Å². The lowest BCUT2D eigenvalue weighted by Crippen LogP contribution is -2.09. The summed E-state index contributed by atoms with van der Waals surface area (Å²) in [6, 6.07) is 0. The van der Waals surface area contributed by atoms with E-state index >= 15 is 0 Å². The first-order valence-corrected chi connectivity index (χ1v) is 6.65. The van der Waals surface area contributed by atoms with Crippen molar-refractivity contribution >= 4 is 18.4 Å². The number of halogens is 1. The molecular weight excluding hydrogens is 288 g/mol. The first kappa shape index (κ1) is 28.1. The second-order valence-corrected chi connectivity index (χ2v) is 4.76. The van der Waals surface area contributed by atoms with Gasteiger partial charge >= 0.3 is 5.97 Å². The molecule has 0 aromatic heterocycles. The van der Waals surface area contributed by atoms with Gasteiger partial charge in [-0.05, 0) is 34.6 Å². The fraction of sp³-hybridized carbons (Fsp3) is 0.562. The molecule has 0 saturated heterocycles. The molecule has 0 bridgehead atoms. The topological polar surface area (TPSA) is 43.8 Å². The van der Waals surface area contributed by atoms with E-state index in [1.54, 1.807) is 0 Å². The van der Waals surface area contributed by atoms with E-state index in [4.69, 9.17) is 5.11 Å². The van der Waals surface area contributed by atoms with Crippen LogP contribution in [0.2, 0.25) is 0 Å². The van der Waals surface area contributed by atoms with Crippen LogP contribution in [0.1, 0.15) is 19.8 Å². The molecule has 21 heavy (non-hydrogen) atoms. The molecule has 1 N–H and O–H groups in total. The van der Waals surface area contributed by atoms with E-state index in [1.165, 1.54) is 0 Å². The van der Waals surface area contributed by atoms with E-state index < -0.39 is 5.97 Å². The molecular formula is C16H33ClN2O2. The van der Waals surface area contributed by atoms with Crippen molar-refractivity contribution in [1.29, 1.82) is 0 Å². The highest BCUT2D eigenvalue weighted by Crippen LogP contribution is 1.99. The molecule has 5 heteroatoms. The van der Waals surface area contributed by atoms with Crippen LogP contribution in [0.5, 0.6) is 0 Å². The third-order valence-corrected chi connectivity index (χ3v) is 1.84. The van der Waals surface area contributed by atoms with E-state index in [-0.39, 0.29) is 12.4 Å². The molecule has 0 unspecified atom stereocenters. The average molecular weight is 321 g/mol. The maximum absolute atomic E-state index is 9.99. The molecule has 4 nitrogen and oxygen atoms in total. The van der Waals surface area contributed by atoms with E-state index in [9.17, 15) is 4.79 Å². The van der Waals surface area contributed by atoms with Gasteiger partial charge in [0.15, 0.2) is 0 Å². The number of likely N-dealkylation sites (N-methyl/N-ethyl adjacent to an activating group) is 2. The van der Waals surface area contributed by atoms with Crippen molar-refractivity contribution in [2.75, 3.05) is 41.3 Å². The fourth-order valence-corrected chi connectivity index (χ4v) is 0.925. The molecule has 0 aliphatic rings. The Labute approximate surface area is 137 Å². The van der Waals surface area contributed by atoms with Crippen molar-refractivity contribution in [3.63, 3.8) is 0 Å². The monoisotopic (exact) mass is 320 g/mol. The minimum absolute atomic E-state index is 0. The molecule has 0 saturated carbocycles. The van der Waals surface area contributed by atoms with Gasteiger partial charge in [-0.3, -0.25) is 0 Å². The minimum Gasteiger partial charge on any atom is -0.478 e. The lowest BCUT2D eigenvalue weighted by molar-refractivity contribution is -0.132. The maximum Gasteiger partial charge on any atom is 0.330 e. The number of hydrogen-bond donors (Lipinski definition) is 1. The van der Waals surface area contributed by atoms with Crippen molar-refractivity contribution in [3.05, 3.63) is 37.5 Å². The second kappa shape index (κ2) is 21.2. The zero-order chi connectivity index (χ0) is 16.6. The van der Waals surface area contributed by atoms with Gasteiger partial charge in [0, 0.05) is 18.7 Å². The van der Waals surface area contributed by atoms with Crippen LogP contribution in [0.25, 0.3) is 0 Å². The maximum atomic E-state index is 9.99. The zero-order valence-electron chi connectivity index (χ0n) is 14.3. The Morgan fingerprint density at radius 3 is 1.43 bits per heavy atom. The summed E-state index contributed by atoms with van der Waals surface area (Å²) < 4.78 is 0. The Kier molecular flexibility index (Phi) is 28.4. The van der Waals surface area contributed by atoms with Crippen molar-refractivity contribution in [2.45, 2.75) is 19.8 Å². The van der Waals surface area contributed by atoms with Gasteiger partial charge < -0.3 is 14.9 Å². The largest absolute Gasteiger partial charge is 0.478 e. The van der Waals surface area contributed by atoms with E-state index in [0.717, 1.165) is 19.5 Å². The molecule has 126 valence electrons. The summed E-state index contributed by atoms with van der Waals surface area (Å²) in [6.45, 7) is 14.3. The van der Waals surface area contributed by atoms with Gasteiger partial charge in [0.1, 0.15) is 0 Å². The molecule has 0 aromatic carbocycles. The summed E-state index contributed by atoms with van der Waals surface area (Å²) in [5, 5.41) is 8.21. The normalized spacial score (nSPS) is 8.52. The minimum atomic E-state index is -0.883. The third kappa shape index (κ3) is 38.1. The van der Waals surface area contributed by atoms with Crippen LogP contribution in [0.4, 0.5) is 0 Å². The predicted octanol–water partition coefficient (Wildman–Crippen LogP) is 3.32. The Morgan fingerprint density at radius 1 is 1.05 bits per heavy atom. The van der Waals surface area contributed by atoms with Crippen molar-refractivity contribution in [3.8, 4) is 0 Å². The lowest BCUT2D eigenvalue weighted by Gasteiger charge is -2.01. The number of aliphatic carboxylic acids is 1. The summed E-state index contributed by atoms with van der Waals surface area (Å²) >= 11 is 0. The zero-order valence-corrected chi connectivity index (χ0v) is 15.1. The third-order valence-electron chi connectivity index (χ3n) is 1.84. The molecule has 0 amide bonds. The Morgan fingerprint density at radius 2 is 1.38 bits per heavy atom. The van der Waals surface area contributed by atoms with Crippen LogP contribution in [-0.4, -0.2) is 62.2 Å². The van der Waals surface area contributed by atoms with Crippen LogP contribution >= 0.6 is 12.4 Å². The van der Waals surface area contributed by atoms with Gasteiger partial charge in [0.2, 0.25) is 0 Å². The molecule has 0 aliphatic carbocycles. The van der Waals surface area contributed by atoms with Crippen LogP contribution in [0.15, 0.2) is 37.5 Å². The number of rotatable bonds is 7. The van der Waals surface area contributed by atoms with Crippen LogP contribution < -0.4 is 0 Å². The fourth-order valence-electron chi connectivity index (χ4n) is 0.925. The predicted molar refractivity (Wildman–Crippen MR) is 96.4 cm³/mol. The Balaban J connectivity index is -0.000000102. The summed E-state index contributed by atoms with van der Waals surface area (Å²) in [7, 11) is 8.06. The molecule has 0 aromatic rings. The number of nitrogens with zero attached hydrogens (tertiary/aromatic N) is 2. The summed E-state index contributed by atoms with van der Waals surface area (Å²) in [5.74, 6) is -0.883. The van der Waals surface area contributed by atoms with Crippen LogP contribution in [0.3, 0.4) is 0 Å². The van der Waals surface area contributed by atoms with Gasteiger partial charge in [-0.25, -0.2) is 4.79 Å². The first-order chi connectivity index (χ1) is 9.22. The Bertz CT molecular complexity index is 263. The average Bonchev–Trinajstić information content (AvgIpc) is 2.30. The van der Waals surface area contributed by atoms with Crippen molar-refractivity contribution in [2.24, 2.45) is 0 Å². The van der Waals surface area contributed by atoms with Gasteiger partial charge in [-0.1, -0.05) is 32.1 Å². The summed E-state index contributed by atoms with van der Waals surface area (Å²) in [6.07, 6.45) is 5.19. The standard InChI is InChI=1S/C6H10O2.2C5H11N.ClH/c1-3-4-5(2)6(7)8;2*1-4-5-6(2)3;/h2-4H2,1H3,(H,7,8);2*4H,1,5H2,2-3H3;1H. The molecule has 0 rings (SSSR count). The SMILES string of the molecule is C=C(CCC)C(=O)O.C=CCN(C)C.C=CCN(C)C.Cl. The molecule has 0 radical (unpaired) electrons. The smallest absolute Gasteiger partial charge is 0.330 e. The van der Waals surface area contributed by atoms with Gasteiger partial charge in [-0.15, -0.1) is 25.6 Å². The van der Waals surface area contributed by atoms with E-state index in [2.05, 4.69) is 29.5 Å². The molecule has 0 aliphatic heterocycles. The van der Waals surface area contributed by atoms with Gasteiger partial charge in [0.05, 0.1) is 0 Å². The molecule has 0 spiro atoms. The first-order valence-electron chi connectivity index (χ1n) is 6.65. The molecule has 0 heterocycles. The molecule has 0 fully saturated rings. The van der Waals surface area contributed by atoms with Crippen LogP contribution in [0, 0.1) is 0 Å². The summed E-state index contributed by atoms with van der Waals surface area (Å²) in [4.78, 5) is 14.1. The number of carbonyl (C=O) groups is 1. The quantitative estimate of drug-likeness (QED) is 0.577. The van der Waals surface area contributed by atoms with E-state index in [0.29, 0.717) is 12.0 Å². The van der Waals surface area contributed by atoms with Gasteiger partial charge in [-0.2, -0.15) is 0 Å². The van der Waals surface area contributed by atoms with Crippen LogP contribution in [-0.2, 0) is 4.79 Å². The van der Waals surface area contributed by atoms with Gasteiger partial charge in [0.25, 0.3) is 0 Å². The number of carboxylic acids is 1. The number of hydrogen-bond acceptors (Lipinski definition) is 3. The lowest BCUT2D eigenvalue weighted by atomic mass is 10.2. The second-order valence-electron chi connectivity index (χ2n) is 4.76. The van der Waals surface area contributed by atoms with E-state index in [1.807, 2.05) is 47.3 Å². The highest BCUT2D eigenvalue weighted by molar-refractivity contribution is 5.85. The number of carboxylic acid groups (broad SMARTS) is 1. The Hall–Kier alpha value is -1.10. The summed E-state index contributed by atoms with van der Waals surface area (Å²) in [5.41, 5.74) is 0.299. The molecule has 0 atom stereocenters. The highest BCUT2D eigenvalue weighted by Gasteiger charge is 1.99. The highest BCUT2D eigenvalue weighted by atomic mass is 35.5. The van der Waals surface area contributed by atoms with Crippen molar-refractivity contribution in [1.82, 2.24) is 9.80 Å².